The molecule has 0 heterocycles. The van der Waals surface area contributed by atoms with Gasteiger partial charge in [-0.1, -0.05) is 104 Å². The zero-order valence-electron chi connectivity index (χ0n) is 21.2. The third kappa shape index (κ3) is 21.2. The molecule has 0 aliphatic heterocycles. The van der Waals surface area contributed by atoms with E-state index in [9.17, 15) is 4.79 Å². The smallest absolute Gasteiger partial charge is 1.00 e. The van der Waals surface area contributed by atoms with Crippen molar-refractivity contribution in [2.45, 2.75) is 129 Å². The van der Waals surface area contributed by atoms with E-state index < -0.39 is 0 Å². The minimum Gasteiger partial charge on any atom is -1.00 e. The monoisotopic (exact) mass is 410 g/mol. The van der Waals surface area contributed by atoms with Crippen LogP contribution in [0, 0.1) is 0 Å². The first-order valence-corrected chi connectivity index (χ1v) is 11.6. The van der Waals surface area contributed by atoms with Crippen molar-refractivity contribution in [3.05, 3.63) is 0 Å². The average Bonchev–Trinajstić information content (AvgIpc) is 2.62. The maximum Gasteiger partial charge on any atom is 2.00 e. The molecular weight excluding hydrogens is 360 g/mol. The zero-order chi connectivity index (χ0) is 19.5. The third-order valence-corrected chi connectivity index (χ3v) is 5.35. The van der Waals surface area contributed by atoms with Crippen molar-refractivity contribution in [3.8, 4) is 0 Å². The van der Waals surface area contributed by atoms with Gasteiger partial charge in [-0.2, -0.15) is 0 Å². The number of hydrogen-bond acceptors (Lipinski definition) is 2. The van der Waals surface area contributed by atoms with E-state index >= 15 is 0 Å². The fraction of sp³-hybridized carbons (Fsp3) is 0.957. The van der Waals surface area contributed by atoms with Crippen LogP contribution in [0.25, 0.3) is 0 Å². The van der Waals surface area contributed by atoms with Gasteiger partial charge in [0.2, 0.25) is 5.91 Å². The van der Waals surface area contributed by atoms with Crippen LogP contribution in [-0.2, 0) is 4.79 Å². The second-order valence-electron chi connectivity index (χ2n) is 8.15. The topological polar surface area (TPSA) is 32.3 Å². The van der Waals surface area contributed by atoms with E-state index in [4.69, 9.17) is 0 Å². The fourth-order valence-electron chi connectivity index (χ4n) is 3.51. The zero-order valence-corrected chi connectivity index (χ0v) is 21.4. The van der Waals surface area contributed by atoms with Gasteiger partial charge in [-0.25, -0.2) is 0 Å². The van der Waals surface area contributed by atoms with Crippen molar-refractivity contribution < 1.29 is 7.65 Å². The number of rotatable bonds is 19. The normalized spacial score (nSPS) is 12.0. The molecule has 1 atom stereocenters. The summed E-state index contributed by atoms with van der Waals surface area (Å²) in [7, 11) is 4.03. The molecule has 0 spiro atoms. The van der Waals surface area contributed by atoms with Gasteiger partial charge in [0.05, 0.1) is 6.17 Å². The Morgan fingerprint density at radius 2 is 1.11 bits per heavy atom. The molecule has 0 aromatic carbocycles. The quantitative estimate of drug-likeness (QED) is 0.150. The van der Waals surface area contributed by atoms with Gasteiger partial charge in [-0.3, -0.25) is 9.69 Å². The summed E-state index contributed by atoms with van der Waals surface area (Å²) >= 11 is 0. The van der Waals surface area contributed by atoms with Crippen molar-refractivity contribution >= 4 is 43.6 Å². The summed E-state index contributed by atoms with van der Waals surface area (Å²) in [5.41, 5.74) is 0. The van der Waals surface area contributed by atoms with Crippen molar-refractivity contribution in [1.82, 2.24) is 10.2 Å². The van der Waals surface area contributed by atoms with Gasteiger partial charge < -0.3 is 8.17 Å². The second kappa shape index (κ2) is 23.0. The summed E-state index contributed by atoms with van der Waals surface area (Å²) in [5.74, 6) is 0.209. The predicted molar refractivity (Wildman–Crippen MR) is 123 cm³/mol. The summed E-state index contributed by atoms with van der Waals surface area (Å²) in [6, 6.07) is 0. The van der Waals surface area contributed by atoms with E-state index in [1.54, 1.807) is 0 Å². The molecule has 0 aliphatic rings. The molecule has 0 fully saturated rings. The second-order valence-corrected chi connectivity index (χ2v) is 8.15. The Morgan fingerprint density at radius 1 is 0.741 bits per heavy atom. The Kier molecular flexibility index (Phi) is 25.4. The van der Waals surface area contributed by atoms with Crippen LogP contribution in [0.1, 0.15) is 126 Å². The Bertz CT molecular complexity index is 321. The maximum absolute atomic E-state index is 11.9. The van der Waals surface area contributed by atoms with Gasteiger partial charge in [0, 0.05) is 6.42 Å². The molecule has 160 valence electrons. The van der Waals surface area contributed by atoms with Gasteiger partial charge in [-0.05, 0) is 26.9 Å². The number of unbranched alkanes of at least 4 members (excludes halogenated alkanes) is 14. The van der Waals surface area contributed by atoms with Crippen LogP contribution < -0.4 is 5.32 Å². The summed E-state index contributed by atoms with van der Waals surface area (Å²) in [6.45, 7) is 4.39. The van der Waals surface area contributed by atoms with E-state index in [-0.39, 0.29) is 52.7 Å². The van der Waals surface area contributed by atoms with Crippen molar-refractivity contribution in [1.29, 1.82) is 0 Å². The summed E-state index contributed by atoms with van der Waals surface area (Å²) < 4.78 is 0. The molecule has 0 radical (unpaired) electrons. The largest absolute Gasteiger partial charge is 2.00 e. The Labute approximate surface area is 203 Å². The molecule has 0 bridgehead atoms. The molecule has 0 aromatic rings. The number of carbonyl (C=O) groups is 1. The summed E-state index contributed by atoms with van der Waals surface area (Å²) in [4.78, 5) is 14.0. The number of nitrogens with zero attached hydrogens (tertiary/aromatic N) is 1. The Hall–Kier alpha value is 0.690. The van der Waals surface area contributed by atoms with Crippen LogP contribution in [0.3, 0.4) is 0 Å². The van der Waals surface area contributed by atoms with Crippen LogP contribution in [0.15, 0.2) is 0 Å². The van der Waals surface area contributed by atoms with E-state index in [1.165, 1.54) is 89.9 Å². The summed E-state index contributed by atoms with van der Waals surface area (Å²) in [5, 5.41) is 3.10. The van der Waals surface area contributed by atoms with Gasteiger partial charge >= 0.3 is 37.7 Å². The van der Waals surface area contributed by atoms with Gasteiger partial charge in [0.25, 0.3) is 0 Å². The molecule has 1 N–H and O–H groups in total. The van der Waals surface area contributed by atoms with Crippen LogP contribution in [0.2, 0.25) is 0 Å². The first kappa shape index (κ1) is 29.9. The van der Waals surface area contributed by atoms with Crippen molar-refractivity contribution in [2.24, 2.45) is 0 Å². The number of hydrogen-bond donors (Lipinski definition) is 1. The van der Waals surface area contributed by atoms with Crippen LogP contribution >= 0.6 is 0 Å². The van der Waals surface area contributed by atoms with E-state index in [0.29, 0.717) is 6.42 Å². The summed E-state index contributed by atoms with van der Waals surface area (Å²) in [6.07, 6.45) is 22.3. The molecule has 27 heavy (non-hydrogen) atoms. The van der Waals surface area contributed by atoms with Gasteiger partial charge in [-0.15, -0.1) is 0 Å². The van der Waals surface area contributed by atoms with E-state index in [1.807, 2.05) is 14.1 Å². The predicted octanol–water partition coefficient (Wildman–Crippen LogP) is 6.51. The average molecular weight is 411 g/mol. The molecule has 0 rings (SSSR count). The minimum atomic E-state index is 0. The Balaban J connectivity index is -0.00000104. The number of carbonyl (C=O) groups excluding carboxylic acids is 1. The van der Waals surface area contributed by atoms with Crippen molar-refractivity contribution in [2.75, 3.05) is 14.1 Å². The van der Waals surface area contributed by atoms with Crippen LogP contribution in [0.4, 0.5) is 0 Å². The van der Waals surface area contributed by atoms with Crippen LogP contribution in [0.5, 0.6) is 0 Å². The molecule has 1 amide bonds. The SMILES string of the molecule is CCCCCCCCCCCCCCCCCC(=O)NC(CC)N(C)C.[Ca+2].[H-].[H-]. The Morgan fingerprint density at radius 3 is 1.44 bits per heavy atom. The molecule has 1 unspecified atom stereocenters. The number of amides is 1. The molecule has 0 aromatic heterocycles. The van der Waals surface area contributed by atoms with Crippen LogP contribution in [-0.4, -0.2) is 68.8 Å². The molecular formula is C23H50CaN2O. The fourth-order valence-corrected chi connectivity index (χ4v) is 3.51. The van der Waals surface area contributed by atoms with E-state index in [0.717, 1.165) is 12.8 Å². The van der Waals surface area contributed by atoms with E-state index in [2.05, 4.69) is 24.1 Å². The molecule has 0 saturated carbocycles. The standard InChI is InChI=1S/C23H48N2O.Ca.2H/c1-5-7-8-9-10-11-12-13-14-15-16-17-18-19-20-21-23(26)24-22(6-2)25(3)4;;;/h22H,5-21H2,1-4H3,(H,24,26);;;/q;+2;2*-1. The molecule has 4 heteroatoms. The molecule has 0 saturated heterocycles. The minimum absolute atomic E-state index is 0. The van der Waals surface area contributed by atoms with Crippen molar-refractivity contribution in [3.63, 3.8) is 0 Å². The molecule has 0 aliphatic carbocycles. The molecule has 3 nitrogen and oxygen atoms in total. The first-order chi connectivity index (χ1) is 12.6. The number of nitrogens with one attached hydrogen (secondary N) is 1. The first-order valence-electron chi connectivity index (χ1n) is 11.6. The van der Waals surface area contributed by atoms with Gasteiger partial charge in [0.1, 0.15) is 0 Å². The third-order valence-electron chi connectivity index (χ3n) is 5.35. The maximum atomic E-state index is 11.9. The van der Waals surface area contributed by atoms with Gasteiger partial charge in [0.15, 0.2) is 0 Å².